The lowest BCUT2D eigenvalue weighted by Gasteiger charge is -2.45. The van der Waals surface area contributed by atoms with Gasteiger partial charge in [0.2, 0.25) is 11.8 Å². The van der Waals surface area contributed by atoms with Gasteiger partial charge in [-0.2, -0.15) is 0 Å². The van der Waals surface area contributed by atoms with Crippen molar-refractivity contribution in [2.45, 2.75) is 126 Å². The summed E-state index contributed by atoms with van der Waals surface area (Å²) in [5, 5.41) is 85.4. The van der Waals surface area contributed by atoms with Gasteiger partial charge in [-0.05, 0) is 141 Å². The Morgan fingerprint density at radius 1 is 0.479 bits per heavy atom. The van der Waals surface area contributed by atoms with E-state index in [1.165, 1.54) is 7.11 Å². The second kappa shape index (κ2) is 34.4. The number of carbonyl (C=O) groups excluding carboxylic acids is 3. The lowest BCUT2D eigenvalue weighted by Crippen LogP contribution is -2.66. The van der Waals surface area contributed by atoms with Crippen LogP contribution in [0.4, 0.5) is 0 Å². The first-order valence-corrected chi connectivity index (χ1v) is 31.0. The van der Waals surface area contributed by atoms with Crippen molar-refractivity contribution in [2.24, 2.45) is 17.6 Å². The number of carboxylic acid groups (broad SMARTS) is 1. The van der Waals surface area contributed by atoms with E-state index in [-0.39, 0.29) is 25.4 Å². The summed E-state index contributed by atoms with van der Waals surface area (Å²) in [5.74, 6) is -1.16. The summed E-state index contributed by atoms with van der Waals surface area (Å²) in [6.07, 6.45) is -15.4. The molecule has 6 aromatic carbocycles. The molecule has 14 atom stereocenters. The Morgan fingerprint density at radius 2 is 0.840 bits per heavy atom. The number of ether oxygens (including phenoxy) is 9. The maximum absolute atomic E-state index is 13.9. The molecule has 24 heteroatoms. The number of aliphatic carboxylic acids is 1. The molecule has 3 amide bonds. The van der Waals surface area contributed by atoms with Gasteiger partial charge in [-0.25, -0.2) is 4.79 Å². The van der Waals surface area contributed by atoms with Gasteiger partial charge in [0.05, 0.1) is 26.1 Å². The standard InChI is InChI=1S/C41H52N2O16.C29H36N2O4/c1-6-27(41(52,22-9-15-24(53-3)16-10-22)23-11-17-26(18-12-23)56-25-13-7-21(2)8-14-25)36(48)42-19-20-43-37(49)34-32(54-4)28(44)31(47)40(58-34)57-33-29(45)30(46)39(55-5)59-35(33)38(50)51;1-4-27(28(32)31-20-6-5-19-30)29(33,22-9-15-24(34-3)16-10-22)23-11-17-26(18-12-23)35-25-13-7-21(2)8-14-25/h7-18,27-35,39-40,44-47,52H,6,19-20H2,1-5H3,(H,42,48)(H,43,49)(H,50,51);7-18,27,33H,4-6,19-20,30H2,1-3H3,(H,31,32)/t27?,28-,29-,30?,31?,32+,33+,34?,35?,39-,40-,41?;/m1./s1. The van der Waals surface area contributed by atoms with E-state index in [4.69, 9.17) is 48.4 Å². The Kier molecular flexibility index (Phi) is 26.8. The third-order valence-corrected chi connectivity index (χ3v) is 16.7. The molecule has 6 aromatic rings. The summed E-state index contributed by atoms with van der Waals surface area (Å²) in [5.41, 5.74) is 6.51. The zero-order valence-electron chi connectivity index (χ0n) is 54.0. The van der Waals surface area contributed by atoms with Crippen LogP contribution >= 0.6 is 0 Å². The van der Waals surface area contributed by atoms with Gasteiger partial charge in [-0.3, -0.25) is 14.4 Å². The van der Waals surface area contributed by atoms with Crippen molar-refractivity contribution in [3.05, 3.63) is 179 Å². The number of carbonyl (C=O) groups is 4. The van der Waals surface area contributed by atoms with Crippen LogP contribution in [-0.2, 0) is 54.1 Å². The van der Waals surface area contributed by atoms with Crippen LogP contribution in [0.2, 0.25) is 0 Å². The lowest BCUT2D eigenvalue weighted by molar-refractivity contribution is -0.348. The molecular weight excluding hydrogens is 1220 g/mol. The number of hydrogen-bond donors (Lipinski definition) is 11. The van der Waals surface area contributed by atoms with Gasteiger partial charge in [-0.15, -0.1) is 0 Å². The predicted molar refractivity (Wildman–Crippen MR) is 344 cm³/mol. The van der Waals surface area contributed by atoms with E-state index in [1.807, 2.05) is 93.6 Å². The van der Waals surface area contributed by atoms with Crippen LogP contribution < -0.4 is 40.6 Å². The minimum absolute atomic E-state index is 0.122. The number of hydrogen-bond acceptors (Lipinski definition) is 20. The van der Waals surface area contributed by atoms with Gasteiger partial charge >= 0.3 is 5.97 Å². The SMILES string of the molecule is CCC(C(=O)NCCCCN)C(O)(c1ccc(OC)cc1)c1ccc(Oc2ccc(C)cc2)cc1.CCC(C(=O)NCCNC(=O)C1O[C@@H](O[C@@H]2C(C(=O)O)O[C@@H](OC)C(O)[C@H]2O)C(O)[C@@H](O)[C@@H]1OC)C(O)(c1ccc(OC)cc1)c1ccc(Oc2ccc(C)cc2)cc1. The van der Waals surface area contributed by atoms with E-state index in [9.17, 15) is 54.9 Å². The van der Waals surface area contributed by atoms with Crippen LogP contribution in [0.3, 0.4) is 0 Å². The van der Waals surface area contributed by atoms with Crippen LogP contribution in [0.25, 0.3) is 0 Å². The first-order chi connectivity index (χ1) is 45.1. The number of nitrogens with one attached hydrogen (secondary N) is 3. The van der Waals surface area contributed by atoms with Crippen LogP contribution in [0.5, 0.6) is 34.5 Å². The summed E-state index contributed by atoms with van der Waals surface area (Å²) in [6.45, 7) is 8.47. The molecule has 94 heavy (non-hydrogen) atoms. The molecule has 2 aliphatic heterocycles. The second-order valence-electron chi connectivity index (χ2n) is 22.8. The van der Waals surface area contributed by atoms with Gasteiger partial charge in [-0.1, -0.05) is 97.8 Å². The van der Waals surface area contributed by atoms with E-state index in [1.54, 1.807) is 86.8 Å². The molecule has 0 aromatic heterocycles. The Labute approximate surface area is 546 Å². The highest BCUT2D eigenvalue weighted by molar-refractivity contribution is 5.83. The van der Waals surface area contributed by atoms with Crippen molar-refractivity contribution >= 4 is 23.7 Å². The summed E-state index contributed by atoms with van der Waals surface area (Å²) >= 11 is 0. The molecule has 2 heterocycles. The van der Waals surface area contributed by atoms with E-state index < -0.39 is 102 Å². The van der Waals surface area contributed by atoms with Crippen molar-refractivity contribution in [3.63, 3.8) is 0 Å². The Morgan fingerprint density at radius 3 is 1.21 bits per heavy atom. The maximum Gasteiger partial charge on any atom is 0.335 e. The largest absolute Gasteiger partial charge is 0.497 e. The molecule has 2 fully saturated rings. The fraction of sp³-hybridized carbons (Fsp3) is 0.429. The van der Waals surface area contributed by atoms with E-state index in [0.717, 1.165) is 43.9 Å². The first kappa shape index (κ1) is 73.3. The number of amides is 3. The first-order valence-electron chi connectivity index (χ1n) is 31.0. The summed E-state index contributed by atoms with van der Waals surface area (Å²) < 4.78 is 49.1. The van der Waals surface area contributed by atoms with Crippen LogP contribution in [0.1, 0.15) is 72.9 Å². The Hall–Kier alpha value is -8.08. The molecule has 0 saturated carbocycles. The molecule has 8 unspecified atom stereocenters. The van der Waals surface area contributed by atoms with Crippen molar-refractivity contribution in [3.8, 4) is 34.5 Å². The topological polar surface area (TPSA) is 355 Å². The smallest absolute Gasteiger partial charge is 0.335 e. The number of unbranched alkanes of at least 4 members (excludes halogenated alkanes) is 1. The minimum atomic E-state index is -1.91. The summed E-state index contributed by atoms with van der Waals surface area (Å²) in [4.78, 5) is 52.5. The molecule has 508 valence electrons. The maximum atomic E-state index is 13.9. The van der Waals surface area contributed by atoms with Crippen LogP contribution in [0.15, 0.2) is 146 Å². The molecular formula is C70H88N4O20. The molecule has 24 nitrogen and oxygen atoms in total. The average molecular weight is 1310 g/mol. The number of aliphatic hydroxyl groups is 6. The third-order valence-electron chi connectivity index (χ3n) is 16.7. The monoisotopic (exact) mass is 1300 g/mol. The molecule has 0 aliphatic carbocycles. The van der Waals surface area contributed by atoms with Gasteiger partial charge in [0.1, 0.15) is 82.3 Å². The number of rotatable bonds is 29. The van der Waals surface area contributed by atoms with Gasteiger partial charge in [0.25, 0.3) is 5.91 Å². The number of aryl methyl sites for hydroxylation is 2. The zero-order chi connectivity index (χ0) is 68.3. The Balaban J connectivity index is 0.000000303. The summed E-state index contributed by atoms with van der Waals surface area (Å²) in [6, 6.07) is 43.3. The average Bonchev–Trinajstić information content (AvgIpc) is 0.780. The highest BCUT2D eigenvalue weighted by atomic mass is 16.7. The van der Waals surface area contributed by atoms with E-state index in [0.29, 0.717) is 70.5 Å². The zero-order valence-corrected chi connectivity index (χ0v) is 54.0. The summed E-state index contributed by atoms with van der Waals surface area (Å²) in [7, 11) is 5.39. The van der Waals surface area contributed by atoms with Crippen LogP contribution in [-0.4, -0.2) is 175 Å². The number of aliphatic hydroxyl groups excluding tert-OH is 4. The molecule has 0 radical (unpaired) electrons. The molecule has 8 rings (SSSR count). The lowest BCUT2D eigenvalue weighted by atomic mass is 9.74. The molecule has 0 bridgehead atoms. The minimum Gasteiger partial charge on any atom is -0.497 e. The van der Waals surface area contributed by atoms with Crippen molar-refractivity contribution < 1.29 is 97.6 Å². The number of benzene rings is 6. The fourth-order valence-electron chi connectivity index (χ4n) is 11.4. The van der Waals surface area contributed by atoms with Crippen molar-refractivity contribution in [2.75, 3.05) is 54.6 Å². The second-order valence-corrected chi connectivity index (χ2v) is 22.8. The number of carboxylic acids is 1. The molecule has 12 N–H and O–H groups in total. The van der Waals surface area contributed by atoms with Gasteiger partial charge in [0, 0.05) is 33.9 Å². The van der Waals surface area contributed by atoms with Crippen LogP contribution in [0, 0.1) is 25.7 Å². The van der Waals surface area contributed by atoms with Crippen molar-refractivity contribution in [1.82, 2.24) is 16.0 Å². The normalized spacial score (nSPS) is 22.9. The number of methoxy groups -OCH3 is 4. The highest BCUT2D eigenvalue weighted by Crippen LogP contribution is 2.43. The fourth-order valence-corrected chi connectivity index (χ4v) is 11.4. The predicted octanol–water partition coefficient (Wildman–Crippen LogP) is 5.23. The van der Waals surface area contributed by atoms with Gasteiger partial charge in [0.15, 0.2) is 24.8 Å². The molecule has 0 spiro atoms. The molecule has 2 saturated heterocycles. The van der Waals surface area contributed by atoms with Crippen molar-refractivity contribution in [1.29, 1.82) is 0 Å². The quantitative estimate of drug-likeness (QED) is 0.0268. The Bertz CT molecular complexity index is 3350. The number of nitrogens with two attached hydrogens (primary N) is 1. The third kappa shape index (κ3) is 17.6. The highest BCUT2D eigenvalue weighted by Gasteiger charge is 2.54. The van der Waals surface area contributed by atoms with Gasteiger partial charge < -0.3 is 100 Å². The van der Waals surface area contributed by atoms with E-state index in [2.05, 4.69) is 16.0 Å². The molecule has 2 aliphatic rings. The van der Waals surface area contributed by atoms with E-state index >= 15 is 0 Å².